The summed E-state index contributed by atoms with van der Waals surface area (Å²) in [7, 11) is 0. The van der Waals surface area contributed by atoms with E-state index in [9.17, 15) is 0 Å². The molecule has 2 aromatic carbocycles. The second kappa shape index (κ2) is 8.90. The second-order valence-corrected chi connectivity index (χ2v) is 9.73. The lowest BCUT2D eigenvalue weighted by Crippen LogP contribution is -2.29. The molecule has 0 radical (unpaired) electrons. The molecule has 1 fully saturated rings. The molecular formula is C28H27ClN4S. The number of rotatable bonds is 4. The number of anilines is 1. The Morgan fingerprint density at radius 3 is 2.41 bits per heavy atom. The van der Waals surface area contributed by atoms with Gasteiger partial charge in [0.1, 0.15) is 0 Å². The predicted octanol–water partition coefficient (Wildman–Crippen LogP) is 6.94. The van der Waals surface area contributed by atoms with Gasteiger partial charge in [-0.3, -0.25) is 4.98 Å². The Labute approximate surface area is 211 Å². The molecule has 34 heavy (non-hydrogen) atoms. The van der Waals surface area contributed by atoms with Gasteiger partial charge in [-0.1, -0.05) is 29.8 Å². The van der Waals surface area contributed by atoms with Crippen molar-refractivity contribution in [3.8, 4) is 5.69 Å². The molecule has 0 aliphatic carbocycles. The number of hydrogen-bond donors (Lipinski definition) is 1. The molecular weight excluding hydrogens is 460 g/mol. The number of halogens is 1. The SMILES string of the molecule is Cc1ccc(N2C(=S)N[C@@H](c3ccccn3)[C@H]2c2cc(C)n(-c3cccc(Cl)c3)c2C)cc1C. The first kappa shape index (κ1) is 22.6. The van der Waals surface area contributed by atoms with Gasteiger partial charge in [-0.2, -0.15) is 0 Å². The summed E-state index contributed by atoms with van der Waals surface area (Å²) in [5.41, 5.74) is 9.11. The van der Waals surface area contributed by atoms with Crippen LogP contribution in [0.15, 0.2) is 72.9 Å². The minimum atomic E-state index is -0.0800. The Kier molecular flexibility index (Phi) is 5.92. The highest BCUT2D eigenvalue weighted by molar-refractivity contribution is 7.80. The van der Waals surface area contributed by atoms with Crippen LogP contribution in [-0.4, -0.2) is 14.7 Å². The van der Waals surface area contributed by atoms with Crippen molar-refractivity contribution in [1.29, 1.82) is 0 Å². The topological polar surface area (TPSA) is 33.1 Å². The number of benzene rings is 2. The van der Waals surface area contributed by atoms with Gasteiger partial charge in [-0.05, 0) is 105 Å². The van der Waals surface area contributed by atoms with Crippen molar-refractivity contribution in [1.82, 2.24) is 14.9 Å². The fourth-order valence-electron chi connectivity index (χ4n) is 4.92. The first-order valence-electron chi connectivity index (χ1n) is 11.4. The minimum absolute atomic E-state index is 0.0522. The zero-order chi connectivity index (χ0) is 24.0. The smallest absolute Gasteiger partial charge is 0.174 e. The van der Waals surface area contributed by atoms with Crippen LogP contribution < -0.4 is 10.2 Å². The normalized spacial score (nSPS) is 17.8. The van der Waals surface area contributed by atoms with Crippen molar-refractivity contribution in [2.45, 2.75) is 39.8 Å². The van der Waals surface area contributed by atoms with E-state index in [4.69, 9.17) is 23.8 Å². The molecule has 1 aliphatic rings. The van der Waals surface area contributed by atoms with Gasteiger partial charge in [0.2, 0.25) is 0 Å². The average molecular weight is 487 g/mol. The van der Waals surface area contributed by atoms with E-state index in [0.29, 0.717) is 5.11 Å². The van der Waals surface area contributed by atoms with Crippen LogP contribution in [0.1, 0.15) is 45.9 Å². The molecule has 0 spiro atoms. The first-order valence-corrected chi connectivity index (χ1v) is 12.2. The van der Waals surface area contributed by atoms with E-state index < -0.39 is 0 Å². The molecule has 172 valence electrons. The summed E-state index contributed by atoms with van der Waals surface area (Å²) in [6.07, 6.45) is 1.84. The third-order valence-corrected chi connectivity index (χ3v) is 7.27. The third-order valence-electron chi connectivity index (χ3n) is 6.72. The van der Waals surface area contributed by atoms with Gasteiger partial charge in [0.15, 0.2) is 5.11 Å². The maximum absolute atomic E-state index is 6.33. The summed E-state index contributed by atoms with van der Waals surface area (Å²) in [6, 6.07) is 22.7. The maximum Gasteiger partial charge on any atom is 0.174 e. The largest absolute Gasteiger partial charge is 0.351 e. The second-order valence-electron chi connectivity index (χ2n) is 8.91. The fourth-order valence-corrected chi connectivity index (χ4v) is 5.45. The monoisotopic (exact) mass is 486 g/mol. The molecule has 0 unspecified atom stereocenters. The number of thiocarbonyl (C=S) groups is 1. The third kappa shape index (κ3) is 3.89. The van der Waals surface area contributed by atoms with Crippen LogP contribution in [-0.2, 0) is 0 Å². The lowest BCUT2D eigenvalue weighted by Gasteiger charge is -2.28. The molecule has 6 heteroatoms. The maximum atomic E-state index is 6.33. The summed E-state index contributed by atoms with van der Waals surface area (Å²) in [6.45, 7) is 8.57. The van der Waals surface area contributed by atoms with Crippen molar-refractivity contribution < 1.29 is 0 Å². The van der Waals surface area contributed by atoms with E-state index >= 15 is 0 Å². The first-order chi connectivity index (χ1) is 16.3. The number of aromatic nitrogens is 2. The number of pyridine rings is 1. The van der Waals surface area contributed by atoms with Gasteiger partial charge < -0.3 is 14.8 Å². The number of hydrogen-bond acceptors (Lipinski definition) is 2. The van der Waals surface area contributed by atoms with Crippen LogP contribution >= 0.6 is 23.8 Å². The van der Waals surface area contributed by atoms with Gasteiger partial charge in [-0.25, -0.2) is 0 Å². The van der Waals surface area contributed by atoms with Crippen molar-refractivity contribution in [2.24, 2.45) is 0 Å². The summed E-state index contributed by atoms with van der Waals surface area (Å²) >= 11 is 12.2. The van der Waals surface area contributed by atoms with Gasteiger partial charge in [0, 0.05) is 34.0 Å². The number of nitrogens with one attached hydrogen (secondary N) is 1. The standard InChI is InChI=1S/C28H27ClN4S/c1-17-11-12-23(14-18(17)2)33-27(26(31-28(33)34)25-10-5-6-13-30-25)24-15-19(3)32(20(24)4)22-9-7-8-21(29)16-22/h5-16,26-27H,1-4H3,(H,31,34)/t26-,27+/m0/s1. The van der Waals surface area contributed by atoms with Crippen molar-refractivity contribution in [2.75, 3.05) is 4.90 Å². The van der Waals surface area contributed by atoms with Crippen molar-refractivity contribution in [3.05, 3.63) is 112 Å². The van der Waals surface area contributed by atoms with E-state index in [0.717, 1.165) is 33.5 Å². The van der Waals surface area contributed by atoms with Crippen LogP contribution in [0.25, 0.3) is 5.69 Å². The van der Waals surface area contributed by atoms with E-state index in [-0.39, 0.29) is 12.1 Å². The summed E-state index contributed by atoms with van der Waals surface area (Å²) in [5, 5.41) is 5.00. The Balaban J connectivity index is 1.69. The number of aryl methyl sites for hydroxylation is 3. The van der Waals surface area contributed by atoms with E-state index in [1.807, 2.05) is 36.5 Å². The van der Waals surface area contributed by atoms with Gasteiger partial charge in [0.25, 0.3) is 0 Å². The molecule has 1 N–H and O–H groups in total. The summed E-state index contributed by atoms with van der Waals surface area (Å²) in [5.74, 6) is 0. The quantitative estimate of drug-likeness (QED) is 0.317. The molecule has 2 atom stereocenters. The van der Waals surface area contributed by atoms with Crippen LogP contribution in [0.4, 0.5) is 5.69 Å². The molecule has 2 aromatic heterocycles. The van der Waals surface area contributed by atoms with E-state index in [1.165, 1.54) is 16.7 Å². The molecule has 1 saturated heterocycles. The molecule has 0 amide bonds. The number of nitrogens with zero attached hydrogens (tertiary/aromatic N) is 3. The van der Waals surface area contributed by atoms with Gasteiger partial charge >= 0.3 is 0 Å². The molecule has 1 aliphatic heterocycles. The van der Waals surface area contributed by atoms with Crippen LogP contribution in [0.5, 0.6) is 0 Å². The Bertz CT molecular complexity index is 1380. The highest BCUT2D eigenvalue weighted by Gasteiger charge is 2.42. The van der Waals surface area contributed by atoms with Crippen LogP contribution in [0.2, 0.25) is 5.02 Å². The Morgan fingerprint density at radius 2 is 1.71 bits per heavy atom. The van der Waals surface area contributed by atoms with Crippen LogP contribution in [0.3, 0.4) is 0 Å². The zero-order valence-corrected chi connectivity index (χ0v) is 21.3. The minimum Gasteiger partial charge on any atom is -0.351 e. The van der Waals surface area contributed by atoms with Gasteiger partial charge in [-0.15, -0.1) is 0 Å². The van der Waals surface area contributed by atoms with Crippen molar-refractivity contribution in [3.63, 3.8) is 0 Å². The van der Waals surface area contributed by atoms with Gasteiger partial charge in [0.05, 0.1) is 17.8 Å². The molecule has 0 saturated carbocycles. The van der Waals surface area contributed by atoms with Crippen molar-refractivity contribution >= 4 is 34.6 Å². The molecule has 4 nitrogen and oxygen atoms in total. The highest BCUT2D eigenvalue weighted by atomic mass is 35.5. The lowest BCUT2D eigenvalue weighted by atomic mass is 9.96. The summed E-state index contributed by atoms with van der Waals surface area (Å²) < 4.78 is 2.26. The highest BCUT2D eigenvalue weighted by Crippen LogP contribution is 2.44. The average Bonchev–Trinajstić information content (AvgIpc) is 3.31. The Hall–Kier alpha value is -3.15. The Morgan fingerprint density at radius 1 is 0.882 bits per heavy atom. The molecule has 4 aromatic rings. The fraction of sp³-hybridized carbons (Fsp3) is 0.214. The predicted molar refractivity (Wildman–Crippen MR) is 144 cm³/mol. The lowest BCUT2D eigenvalue weighted by molar-refractivity contribution is 0.565. The molecule has 5 rings (SSSR count). The van der Waals surface area contributed by atoms with Crippen LogP contribution in [0, 0.1) is 27.7 Å². The van der Waals surface area contributed by atoms with E-state index in [1.54, 1.807) is 0 Å². The summed E-state index contributed by atoms with van der Waals surface area (Å²) in [4.78, 5) is 6.93. The molecule has 3 heterocycles. The van der Waals surface area contributed by atoms with E-state index in [2.05, 4.69) is 83.9 Å². The molecule has 0 bridgehead atoms. The zero-order valence-electron chi connectivity index (χ0n) is 19.7.